The molecule has 1 aliphatic carbocycles. The molecule has 78 valence electrons. The molecule has 1 aliphatic rings. The van der Waals surface area contributed by atoms with E-state index in [9.17, 15) is 4.79 Å². The quantitative estimate of drug-likeness (QED) is 0.764. The number of nitrogens with zero attached hydrogens (tertiary/aromatic N) is 1. The monoisotopic (exact) mass is 202 g/mol. The molecule has 1 saturated carbocycles. The average molecular weight is 202 g/mol. The smallest absolute Gasteiger partial charge is 0.248 e. The summed E-state index contributed by atoms with van der Waals surface area (Å²) in [4.78, 5) is 15.5. The zero-order valence-electron chi connectivity index (χ0n) is 8.73. The van der Waals surface area contributed by atoms with Gasteiger partial charge in [-0.3, -0.25) is 9.78 Å². The lowest BCUT2D eigenvalue weighted by Gasteiger charge is -2.01. The van der Waals surface area contributed by atoms with Gasteiger partial charge in [-0.25, -0.2) is 0 Å². The van der Waals surface area contributed by atoms with Crippen LogP contribution in [0, 0.1) is 12.8 Å². The van der Waals surface area contributed by atoms with Gasteiger partial charge in [0.15, 0.2) is 0 Å². The highest BCUT2D eigenvalue weighted by Gasteiger charge is 2.17. The van der Waals surface area contributed by atoms with Crippen LogP contribution in [0.15, 0.2) is 30.5 Å². The second-order valence-electron chi connectivity index (χ2n) is 3.87. The van der Waals surface area contributed by atoms with Crippen LogP contribution in [0.5, 0.6) is 0 Å². The normalized spacial score (nSPS) is 15.5. The van der Waals surface area contributed by atoms with Crippen molar-refractivity contribution in [1.82, 2.24) is 4.98 Å². The van der Waals surface area contributed by atoms with Crippen molar-refractivity contribution in [2.45, 2.75) is 19.8 Å². The molecule has 0 radical (unpaired) electrons. The number of allylic oxidation sites excluding steroid dienone is 1. The summed E-state index contributed by atoms with van der Waals surface area (Å²) in [6, 6.07) is 3.73. The van der Waals surface area contributed by atoms with Gasteiger partial charge < -0.3 is 5.32 Å². The molecule has 1 fully saturated rings. The van der Waals surface area contributed by atoms with E-state index < -0.39 is 0 Å². The number of anilines is 1. The lowest BCUT2D eigenvalue weighted by molar-refractivity contribution is -0.111. The van der Waals surface area contributed by atoms with Crippen LogP contribution in [-0.4, -0.2) is 10.9 Å². The molecule has 0 unspecified atom stereocenters. The first kappa shape index (κ1) is 9.90. The number of pyridine rings is 1. The van der Waals surface area contributed by atoms with Gasteiger partial charge in [-0.1, -0.05) is 6.08 Å². The minimum Gasteiger partial charge on any atom is -0.321 e. The minimum absolute atomic E-state index is 0.0763. The molecule has 1 aromatic rings. The number of rotatable bonds is 3. The molecular formula is C12H14N2O. The second-order valence-corrected chi connectivity index (χ2v) is 3.87. The molecule has 1 aromatic heterocycles. The Morgan fingerprint density at radius 2 is 2.33 bits per heavy atom. The Hall–Kier alpha value is -1.64. The Morgan fingerprint density at radius 1 is 1.53 bits per heavy atom. The molecule has 0 aromatic carbocycles. The van der Waals surface area contributed by atoms with E-state index in [4.69, 9.17) is 0 Å². The SMILES string of the molecule is Cc1ccc(NC(=O)/C=C/C2CC2)cn1. The van der Waals surface area contributed by atoms with E-state index in [1.54, 1.807) is 12.3 Å². The zero-order valence-corrected chi connectivity index (χ0v) is 8.73. The fourth-order valence-electron chi connectivity index (χ4n) is 1.24. The van der Waals surface area contributed by atoms with Crippen LogP contribution in [0.25, 0.3) is 0 Å². The molecule has 2 rings (SSSR count). The van der Waals surface area contributed by atoms with Gasteiger partial charge in [-0.15, -0.1) is 0 Å². The standard InChI is InChI=1S/C12H14N2O/c1-9-2-6-11(8-13-9)14-12(15)7-5-10-3-4-10/h2,5-8,10H,3-4H2,1H3,(H,14,15)/b7-5+. The Labute approximate surface area is 89.2 Å². The van der Waals surface area contributed by atoms with Gasteiger partial charge in [-0.05, 0) is 43.9 Å². The predicted octanol–water partition coefficient (Wildman–Crippen LogP) is 2.29. The molecule has 0 bridgehead atoms. The lowest BCUT2D eigenvalue weighted by atomic mass is 10.3. The molecule has 1 amide bonds. The van der Waals surface area contributed by atoms with Crippen molar-refractivity contribution in [3.8, 4) is 0 Å². The van der Waals surface area contributed by atoms with Crippen molar-refractivity contribution < 1.29 is 4.79 Å². The number of carbonyl (C=O) groups excluding carboxylic acids is 1. The summed E-state index contributed by atoms with van der Waals surface area (Å²) in [7, 11) is 0. The van der Waals surface area contributed by atoms with E-state index in [2.05, 4.69) is 10.3 Å². The average Bonchev–Trinajstić information content (AvgIpc) is 3.02. The number of carbonyl (C=O) groups is 1. The number of amides is 1. The van der Waals surface area contributed by atoms with Crippen LogP contribution in [0.3, 0.4) is 0 Å². The third kappa shape index (κ3) is 3.20. The number of aromatic nitrogens is 1. The van der Waals surface area contributed by atoms with E-state index in [1.165, 1.54) is 12.8 Å². The molecule has 0 aliphatic heterocycles. The number of nitrogens with one attached hydrogen (secondary N) is 1. The minimum atomic E-state index is -0.0763. The van der Waals surface area contributed by atoms with E-state index in [1.807, 2.05) is 25.1 Å². The summed E-state index contributed by atoms with van der Waals surface area (Å²) in [5.74, 6) is 0.555. The van der Waals surface area contributed by atoms with Gasteiger partial charge in [0.25, 0.3) is 0 Å². The number of hydrogen-bond donors (Lipinski definition) is 1. The maximum absolute atomic E-state index is 11.4. The van der Waals surface area contributed by atoms with Gasteiger partial charge in [0.05, 0.1) is 11.9 Å². The highest BCUT2D eigenvalue weighted by Crippen LogP contribution is 2.29. The fourth-order valence-corrected chi connectivity index (χ4v) is 1.24. The van der Waals surface area contributed by atoms with Crippen molar-refractivity contribution in [1.29, 1.82) is 0 Å². The van der Waals surface area contributed by atoms with Crippen molar-refractivity contribution in [2.24, 2.45) is 5.92 Å². The number of aryl methyl sites for hydroxylation is 1. The van der Waals surface area contributed by atoms with Crippen LogP contribution in [0.2, 0.25) is 0 Å². The van der Waals surface area contributed by atoms with E-state index in [0.29, 0.717) is 5.92 Å². The maximum Gasteiger partial charge on any atom is 0.248 e. The summed E-state index contributed by atoms with van der Waals surface area (Å²) < 4.78 is 0. The summed E-state index contributed by atoms with van der Waals surface area (Å²) in [5, 5.41) is 2.76. The van der Waals surface area contributed by atoms with Crippen molar-refractivity contribution in [3.05, 3.63) is 36.2 Å². The molecule has 3 nitrogen and oxygen atoms in total. The molecule has 0 spiro atoms. The Bertz CT molecular complexity index is 377. The Morgan fingerprint density at radius 3 is 2.93 bits per heavy atom. The topological polar surface area (TPSA) is 42.0 Å². The first-order valence-corrected chi connectivity index (χ1v) is 5.16. The predicted molar refractivity (Wildman–Crippen MR) is 59.5 cm³/mol. The summed E-state index contributed by atoms with van der Waals surface area (Å²) in [6.07, 6.45) is 7.68. The molecule has 0 atom stereocenters. The van der Waals surface area contributed by atoms with Crippen LogP contribution in [0.4, 0.5) is 5.69 Å². The van der Waals surface area contributed by atoms with Crippen LogP contribution >= 0.6 is 0 Å². The van der Waals surface area contributed by atoms with Crippen LogP contribution < -0.4 is 5.32 Å². The fraction of sp³-hybridized carbons (Fsp3) is 0.333. The summed E-state index contributed by atoms with van der Waals surface area (Å²) in [5.41, 5.74) is 1.69. The molecule has 1 N–H and O–H groups in total. The Balaban J connectivity index is 1.90. The van der Waals surface area contributed by atoms with Crippen molar-refractivity contribution in [2.75, 3.05) is 5.32 Å². The Kier molecular flexibility index (Phi) is 2.81. The molecule has 1 heterocycles. The van der Waals surface area contributed by atoms with Crippen molar-refractivity contribution in [3.63, 3.8) is 0 Å². The first-order chi connectivity index (χ1) is 7.24. The summed E-state index contributed by atoms with van der Waals surface area (Å²) in [6.45, 7) is 1.92. The first-order valence-electron chi connectivity index (χ1n) is 5.16. The largest absolute Gasteiger partial charge is 0.321 e. The number of hydrogen-bond acceptors (Lipinski definition) is 2. The van der Waals surface area contributed by atoms with Crippen molar-refractivity contribution >= 4 is 11.6 Å². The lowest BCUT2D eigenvalue weighted by Crippen LogP contribution is -2.08. The van der Waals surface area contributed by atoms with Gasteiger partial charge in [0, 0.05) is 5.69 Å². The highest BCUT2D eigenvalue weighted by molar-refractivity contribution is 5.99. The molecule has 3 heteroatoms. The van der Waals surface area contributed by atoms with Gasteiger partial charge >= 0.3 is 0 Å². The molecule has 15 heavy (non-hydrogen) atoms. The third-order valence-electron chi connectivity index (χ3n) is 2.32. The van der Waals surface area contributed by atoms with E-state index >= 15 is 0 Å². The van der Waals surface area contributed by atoms with E-state index in [0.717, 1.165) is 11.4 Å². The van der Waals surface area contributed by atoms with Gasteiger partial charge in [0.2, 0.25) is 5.91 Å². The van der Waals surface area contributed by atoms with E-state index in [-0.39, 0.29) is 5.91 Å². The van der Waals surface area contributed by atoms with Gasteiger partial charge in [0.1, 0.15) is 0 Å². The summed E-state index contributed by atoms with van der Waals surface area (Å²) >= 11 is 0. The second kappa shape index (κ2) is 4.26. The van der Waals surface area contributed by atoms with Gasteiger partial charge in [-0.2, -0.15) is 0 Å². The third-order valence-corrected chi connectivity index (χ3v) is 2.32. The highest BCUT2D eigenvalue weighted by atomic mass is 16.1. The van der Waals surface area contributed by atoms with Crippen LogP contribution in [0.1, 0.15) is 18.5 Å². The zero-order chi connectivity index (χ0) is 10.7. The van der Waals surface area contributed by atoms with Crippen LogP contribution in [-0.2, 0) is 4.79 Å². The molecular weight excluding hydrogens is 188 g/mol. The molecule has 0 saturated heterocycles. The maximum atomic E-state index is 11.4.